The second-order valence-electron chi connectivity index (χ2n) is 8.61. The number of halogens is 1. The van der Waals surface area contributed by atoms with Gasteiger partial charge in [0.2, 0.25) is 5.95 Å². The van der Waals surface area contributed by atoms with E-state index in [1.54, 1.807) is 25.4 Å². The summed E-state index contributed by atoms with van der Waals surface area (Å²) < 4.78 is 12.5. The van der Waals surface area contributed by atoms with Crippen LogP contribution in [0.2, 0.25) is 5.02 Å². The number of nitrogens with zero attached hydrogens (tertiary/aromatic N) is 4. The molecule has 11 heteroatoms. The minimum atomic E-state index is -0.375. The van der Waals surface area contributed by atoms with Crippen LogP contribution in [0.25, 0.3) is 10.9 Å². The molecule has 0 atom stereocenters. The highest BCUT2D eigenvalue weighted by atomic mass is 35.5. The third kappa shape index (κ3) is 5.27. The molecule has 4 rings (SSSR count). The fraction of sp³-hybridized carbons (Fsp3) is 0.417. The molecule has 2 N–H and O–H groups in total. The maximum absolute atomic E-state index is 12.8. The van der Waals surface area contributed by atoms with E-state index in [2.05, 4.69) is 32.4 Å². The van der Waals surface area contributed by atoms with Crippen LogP contribution in [0.15, 0.2) is 29.2 Å². The van der Waals surface area contributed by atoms with Crippen LogP contribution in [0, 0.1) is 5.92 Å². The first-order valence-electron chi connectivity index (χ1n) is 11.4. The summed E-state index contributed by atoms with van der Waals surface area (Å²) in [5, 5.41) is 6.78. The number of likely N-dealkylation sites (N-methyl/N-ethyl adjacent to an activating group) is 1. The van der Waals surface area contributed by atoms with Crippen molar-refractivity contribution in [2.24, 2.45) is 13.0 Å². The predicted molar refractivity (Wildman–Crippen MR) is 136 cm³/mol. The largest absolute Gasteiger partial charge is 0.494 e. The molecule has 1 fully saturated rings. The number of rotatable bonds is 7. The van der Waals surface area contributed by atoms with Gasteiger partial charge in [-0.1, -0.05) is 18.5 Å². The zero-order valence-corrected chi connectivity index (χ0v) is 21.0. The number of aryl methyl sites for hydroxylation is 1. The van der Waals surface area contributed by atoms with Gasteiger partial charge in [0.05, 0.1) is 18.8 Å². The minimum Gasteiger partial charge on any atom is -0.494 e. The van der Waals surface area contributed by atoms with E-state index in [1.807, 2.05) is 6.07 Å². The summed E-state index contributed by atoms with van der Waals surface area (Å²) in [6.07, 6.45) is 3.79. The van der Waals surface area contributed by atoms with Gasteiger partial charge in [0.25, 0.3) is 11.5 Å². The monoisotopic (exact) mass is 500 g/mol. The second kappa shape index (κ2) is 10.4. The number of hydrogen-bond acceptors (Lipinski definition) is 8. The van der Waals surface area contributed by atoms with Crippen molar-refractivity contribution in [2.45, 2.75) is 19.8 Å². The molecule has 2 aromatic heterocycles. The number of carbonyl (C=O) groups excluding carboxylic acids is 1. The lowest BCUT2D eigenvalue weighted by Gasteiger charge is -2.30. The molecule has 10 nitrogen and oxygen atoms in total. The van der Waals surface area contributed by atoms with Gasteiger partial charge in [0.15, 0.2) is 18.2 Å². The van der Waals surface area contributed by atoms with Crippen molar-refractivity contribution < 1.29 is 14.3 Å². The van der Waals surface area contributed by atoms with E-state index in [9.17, 15) is 9.59 Å². The van der Waals surface area contributed by atoms with Gasteiger partial charge in [0, 0.05) is 44.3 Å². The second-order valence-corrected chi connectivity index (χ2v) is 9.02. The highest BCUT2D eigenvalue weighted by Gasteiger charge is 2.20. The zero-order valence-electron chi connectivity index (χ0n) is 20.2. The summed E-state index contributed by atoms with van der Waals surface area (Å²) in [4.78, 5) is 35.6. The van der Waals surface area contributed by atoms with Gasteiger partial charge in [-0.2, -0.15) is 4.98 Å². The maximum Gasteiger partial charge on any atom is 0.293 e. The minimum absolute atomic E-state index is 0.0597. The van der Waals surface area contributed by atoms with Crippen LogP contribution < -0.4 is 30.6 Å². The molecule has 1 aliphatic heterocycles. The Bertz CT molecular complexity index is 1300. The first-order chi connectivity index (χ1) is 16.8. The summed E-state index contributed by atoms with van der Waals surface area (Å²) in [5.41, 5.74) is 0.871. The van der Waals surface area contributed by atoms with E-state index in [-0.39, 0.29) is 23.8 Å². The topological polar surface area (TPSA) is 111 Å². The molecule has 1 aliphatic rings. The van der Waals surface area contributed by atoms with E-state index in [0.29, 0.717) is 45.0 Å². The quantitative estimate of drug-likeness (QED) is 0.509. The summed E-state index contributed by atoms with van der Waals surface area (Å²) in [6.45, 7) is 3.80. The molecular weight excluding hydrogens is 472 g/mol. The Morgan fingerprint density at radius 3 is 2.66 bits per heavy atom. The number of amides is 1. The van der Waals surface area contributed by atoms with Crippen molar-refractivity contribution in [1.29, 1.82) is 0 Å². The number of hydrogen-bond donors (Lipinski definition) is 2. The van der Waals surface area contributed by atoms with Gasteiger partial charge in [-0.15, -0.1) is 0 Å². The lowest BCUT2D eigenvalue weighted by Crippen LogP contribution is -2.34. The number of pyridine rings is 1. The van der Waals surface area contributed by atoms with E-state index >= 15 is 0 Å². The summed E-state index contributed by atoms with van der Waals surface area (Å²) >= 11 is 6.42. The Labute approximate surface area is 208 Å². The van der Waals surface area contributed by atoms with Crippen LogP contribution in [0.1, 0.15) is 19.8 Å². The van der Waals surface area contributed by atoms with E-state index in [1.165, 1.54) is 18.7 Å². The molecule has 0 saturated carbocycles. The molecule has 0 bridgehead atoms. The smallest absolute Gasteiger partial charge is 0.293 e. The van der Waals surface area contributed by atoms with E-state index in [0.717, 1.165) is 25.9 Å². The third-order valence-corrected chi connectivity index (χ3v) is 6.44. The molecule has 35 heavy (non-hydrogen) atoms. The summed E-state index contributed by atoms with van der Waals surface area (Å²) in [7, 11) is 4.66. The van der Waals surface area contributed by atoms with Crippen LogP contribution >= 0.6 is 11.6 Å². The molecule has 1 aromatic carbocycles. The molecule has 0 unspecified atom stereocenters. The number of carbonyl (C=O) groups is 1. The Morgan fingerprint density at radius 1 is 1.23 bits per heavy atom. The number of aromatic nitrogens is 3. The van der Waals surface area contributed by atoms with Crippen LogP contribution in [0.4, 0.5) is 17.5 Å². The molecule has 3 aromatic rings. The molecule has 0 radical (unpaired) electrons. The number of nitrogens with one attached hydrogen (secondary N) is 2. The SMILES string of the molecule is CNC(=O)COc1cc2cc(Nc3nc(N4CCC(C)CC4)ncc3Cl)cc(OC)c2n(C)c1=O. The lowest BCUT2D eigenvalue weighted by molar-refractivity contribution is -0.122. The van der Waals surface area contributed by atoms with Crippen molar-refractivity contribution in [2.75, 3.05) is 44.1 Å². The lowest BCUT2D eigenvalue weighted by atomic mass is 10.00. The number of ether oxygens (including phenoxy) is 2. The van der Waals surface area contributed by atoms with Crippen molar-refractivity contribution >= 4 is 45.9 Å². The fourth-order valence-electron chi connectivity index (χ4n) is 4.06. The summed E-state index contributed by atoms with van der Waals surface area (Å²) in [6, 6.07) is 5.20. The van der Waals surface area contributed by atoms with Gasteiger partial charge in [-0.3, -0.25) is 9.59 Å². The molecule has 3 heterocycles. The van der Waals surface area contributed by atoms with E-state index < -0.39 is 0 Å². The summed E-state index contributed by atoms with van der Waals surface area (Å²) in [5.74, 6) is 2.00. The molecule has 186 valence electrons. The third-order valence-electron chi connectivity index (χ3n) is 6.16. The van der Waals surface area contributed by atoms with Crippen LogP contribution in [0.5, 0.6) is 11.5 Å². The van der Waals surface area contributed by atoms with Crippen molar-refractivity contribution in [3.8, 4) is 11.5 Å². The molecular formula is C24H29ClN6O4. The highest BCUT2D eigenvalue weighted by Crippen LogP contribution is 2.33. The average molecular weight is 501 g/mol. The Morgan fingerprint density at radius 2 is 1.97 bits per heavy atom. The van der Waals surface area contributed by atoms with Crippen LogP contribution in [-0.4, -0.2) is 54.3 Å². The number of methoxy groups -OCH3 is 1. The van der Waals surface area contributed by atoms with Crippen molar-refractivity contribution in [1.82, 2.24) is 19.9 Å². The van der Waals surface area contributed by atoms with Crippen molar-refractivity contribution in [3.63, 3.8) is 0 Å². The van der Waals surface area contributed by atoms with Crippen LogP contribution in [0.3, 0.4) is 0 Å². The normalized spacial score (nSPS) is 14.1. The number of piperidine rings is 1. The maximum atomic E-state index is 12.8. The Kier molecular flexibility index (Phi) is 7.30. The van der Waals surface area contributed by atoms with Gasteiger partial charge in [-0.05, 0) is 30.9 Å². The van der Waals surface area contributed by atoms with Gasteiger partial charge >= 0.3 is 0 Å². The number of anilines is 3. The molecule has 0 spiro atoms. The Balaban J connectivity index is 1.69. The standard InChI is InChI=1S/C24H29ClN6O4/c1-14-5-7-31(8-6-14)24-27-12-17(25)22(29-24)28-16-9-15-10-19(35-13-20(32)26-2)23(33)30(3)21(15)18(11-16)34-4/h9-12,14H,5-8,13H2,1-4H3,(H,26,32)(H,27,28,29). The van der Waals surface area contributed by atoms with Gasteiger partial charge < -0.3 is 29.6 Å². The first kappa shape index (κ1) is 24.6. The van der Waals surface area contributed by atoms with E-state index in [4.69, 9.17) is 21.1 Å². The number of benzene rings is 1. The molecule has 1 saturated heterocycles. The first-order valence-corrected chi connectivity index (χ1v) is 11.8. The van der Waals surface area contributed by atoms with Gasteiger partial charge in [0.1, 0.15) is 10.8 Å². The highest BCUT2D eigenvalue weighted by molar-refractivity contribution is 6.32. The van der Waals surface area contributed by atoms with Gasteiger partial charge in [-0.25, -0.2) is 4.98 Å². The predicted octanol–water partition coefficient (Wildman–Crippen LogP) is 3.10. The molecule has 0 aliphatic carbocycles. The average Bonchev–Trinajstić information content (AvgIpc) is 2.86. The zero-order chi connectivity index (χ0) is 25.1. The number of fused-ring (bicyclic) bond motifs is 1. The fourth-order valence-corrected chi connectivity index (χ4v) is 4.20. The van der Waals surface area contributed by atoms with Crippen LogP contribution in [-0.2, 0) is 11.8 Å². The molecule has 1 amide bonds. The van der Waals surface area contributed by atoms with Crippen molar-refractivity contribution in [3.05, 3.63) is 39.8 Å². The Hall–Kier alpha value is -3.53.